The molecule has 3 heteroatoms. The molecule has 0 heterocycles. The largest absolute Gasteiger partial charge is 0.370 e. The van der Waals surface area contributed by atoms with Gasteiger partial charge in [0.1, 0.15) is 0 Å². The quantitative estimate of drug-likeness (QED) is 0.886. The van der Waals surface area contributed by atoms with Crippen molar-refractivity contribution in [2.24, 2.45) is 0 Å². The highest BCUT2D eigenvalue weighted by Crippen LogP contribution is 2.25. The summed E-state index contributed by atoms with van der Waals surface area (Å²) in [4.78, 5) is 2.27. The maximum atomic E-state index is 3.65. The number of halogens is 1. The van der Waals surface area contributed by atoms with Crippen molar-refractivity contribution in [3.05, 3.63) is 63.6 Å². The number of hydrogen-bond acceptors (Lipinski definition) is 2. The fourth-order valence-corrected chi connectivity index (χ4v) is 2.75. The Morgan fingerprint density at radius 2 is 1.85 bits per heavy atom. The second kappa shape index (κ2) is 6.91. The van der Waals surface area contributed by atoms with Gasteiger partial charge in [-0.15, -0.1) is 0 Å². The van der Waals surface area contributed by atoms with Crippen molar-refractivity contribution in [1.29, 1.82) is 0 Å². The van der Waals surface area contributed by atoms with E-state index < -0.39 is 0 Å². The lowest BCUT2D eigenvalue weighted by atomic mass is 10.1. The summed E-state index contributed by atoms with van der Waals surface area (Å²) in [6.07, 6.45) is 0. The lowest BCUT2D eigenvalue weighted by molar-refractivity contribution is 0.813. The molecule has 2 aromatic carbocycles. The molecule has 2 rings (SSSR count). The third-order valence-corrected chi connectivity index (χ3v) is 4.25. The Morgan fingerprint density at radius 1 is 1.10 bits per heavy atom. The zero-order valence-corrected chi connectivity index (χ0v) is 13.9. The summed E-state index contributed by atoms with van der Waals surface area (Å²) in [5, 5.41) is 3.18. The van der Waals surface area contributed by atoms with Crippen LogP contribution in [0.5, 0.6) is 0 Å². The topological polar surface area (TPSA) is 15.3 Å². The van der Waals surface area contributed by atoms with Gasteiger partial charge in [0.15, 0.2) is 0 Å². The smallest absolute Gasteiger partial charge is 0.0428 e. The standard InChI is InChI=1S/C17H21BrN2/c1-13-6-4-5-7-15(13)12-20(3)16-9-8-14(11-19-2)17(18)10-16/h4-10,19H,11-12H2,1-3H3. The molecule has 0 aromatic heterocycles. The molecule has 0 aliphatic heterocycles. The highest BCUT2D eigenvalue weighted by molar-refractivity contribution is 9.10. The number of nitrogens with one attached hydrogen (secondary N) is 1. The minimum atomic E-state index is 0.877. The van der Waals surface area contributed by atoms with Crippen molar-refractivity contribution in [2.45, 2.75) is 20.0 Å². The van der Waals surface area contributed by atoms with Crippen LogP contribution in [0.25, 0.3) is 0 Å². The van der Waals surface area contributed by atoms with Crippen LogP contribution in [0.2, 0.25) is 0 Å². The van der Waals surface area contributed by atoms with E-state index in [9.17, 15) is 0 Å². The monoisotopic (exact) mass is 332 g/mol. The average Bonchev–Trinajstić information content (AvgIpc) is 2.43. The molecule has 0 saturated heterocycles. The van der Waals surface area contributed by atoms with Crippen LogP contribution in [0.3, 0.4) is 0 Å². The van der Waals surface area contributed by atoms with Crippen molar-refractivity contribution >= 4 is 21.6 Å². The van der Waals surface area contributed by atoms with E-state index in [4.69, 9.17) is 0 Å². The molecule has 0 radical (unpaired) electrons. The number of aryl methyl sites for hydroxylation is 1. The van der Waals surface area contributed by atoms with Crippen molar-refractivity contribution in [1.82, 2.24) is 5.32 Å². The molecule has 0 atom stereocenters. The Labute approximate surface area is 129 Å². The molecule has 0 amide bonds. The van der Waals surface area contributed by atoms with Gasteiger partial charge in [-0.25, -0.2) is 0 Å². The third kappa shape index (κ3) is 3.62. The molecule has 1 N–H and O–H groups in total. The van der Waals surface area contributed by atoms with Gasteiger partial charge in [0.25, 0.3) is 0 Å². The fraction of sp³-hybridized carbons (Fsp3) is 0.294. The fourth-order valence-electron chi connectivity index (χ4n) is 2.24. The summed E-state index contributed by atoms with van der Waals surface area (Å²) in [5.41, 5.74) is 5.20. The molecule has 0 saturated carbocycles. The first-order chi connectivity index (χ1) is 9.61. The van der Waals surface area contributed by atoms with E-state index >= 15 is 0 Å². The second-order valence-electron chi connectivity index (χ2n) is 5.09. The maximum absolute atomic E-state index is 3.65. The first-order valence-electron chi connectivity index (χ1n) is 6.80. The van der Waals surface area contributed by atoms with Crippen molar-refractivity contribution in [3.63, 3.8) is 0 Å². The van der Waals surface area contributed by atoms with Crippen LogP contribution in [0.15, 0.2) is 46.9 Å². The molecular formula is C17H21BrN2. The number of anilines is 1. The van der Waals surface area contributed by atoms with Gasteiger partial charge in [-0.2, -0.15) is 0 Å². The summed E-state index contributed by atoms with van der Waals surface area (Å²) < 4.78 is 1.15. The van der Waals surface area contributed by atoms with Gasteiger partial charge in [-0.1, -0.05) is 46.3 Å². The molecular weight excluding hydrogens is 312 g/mol. The van der Waals surface area contributed by atoms with E-state index in [1.54, 1.807) is 0 Å². The van der Waals surface area contributed by atoms with E-state index in [2.05, 4.69) is 82.6 Å². The summed E-state index contributed by atoms with van der Waals surface area (Å²) in [5.74, 6) is 0. The van der Waals surface area contributed by atoms with E-state index in [0.717, 1.165) is 17.6 Å². The zero-order chi connectivity index (χ0) is 14.5. The van der Waals surface area contributed by atoms with Gasteiger partial charge in [0, 0.05) is 30.3 Å². The van der Waals surface area contributed by atoms with Crippen molar-refractivity contribution in [2.75, 3.05) is 19.0 Å². The van der Waals surface area contributed by atoms with E-state index in [1.165, 1.54) is 22.4 Å². The third-order valence-electron chi connectivity index (χ3n) is 3.51. The Balaban J connectivity index is 2.15. The first-order valence-corrected chi connectivity index (χ1v) is 7.60. The highest BCUT2D eigenvalue weighted by atomic mass is 79.9. The lowest BCUT2D eigenvalue weighted by Gasteiger charge is -2.21. The van der Waals surface area contributed by atoms with Crippen LogP contribution in [0, 0.1) is 6.92 Å². The Morgan fingerprint density at radius 3 is 2.50 bits per heavy atom. The molecule has 0 unspecified atom stereocenters. The molecule has 0 bridgehead atoms. The van der Waals surface area contributed by atoms with Gasteiger partial charge >= 0.3 is 0 Å². The molecule has 0 spiro atoms. The second-order valence-corrected chi connectivity index (χ2v) is 5.94. The minimum Gasteiger partial charge on any atom is -0.370 e. The summed E-state index contributed by atoms with van der Waals surface area (Å²) >= 11 is 3.65. The molecule has 2 aromatic rings. The molecule has 20 heavy (non-hydrogen) atoms. The predicted octanol–water partition coefficient (Wildman–Crippen LogP) is 4.11. The number of benzene rings is 2. The normalized spacial score (nSPS) is 10.6. The van der Waals surface area contributed by atoms with E-state index in [0.29, 0.717) is 0 Å². The maximum Gasteiger partial charge on any atom is 0.0428 e. The summed E-state index contributed by atoms with van der Waals surface area (Å²) in [7, 11) is 4.09. The van der Waals surface area contributed by atoms with Crippen molar-refractivity contribution in [3.8, 4) is 0 Å². The lowest BCUT2D eigenvalue weighted by Crippen LogP contribution is -2.17. The zero-order valence-electron chi connectivity index (χ0n) is 12.3. The summed E-state index contributed by atoms with van der Waals surface area (Å²) in [6, 6.07) is 15.1. The highest BCUT2D eigenvalue weighted by Gasteiger charge is 2.06. The minimum absolute atomic E-state index is 0.877. The van der Waals surface area contributed by atoms with E-state index in [1.807, 2.05) is 7.05 Å². The number of hydrogen-bond donors (Lipinski definition) is 1. The van der Waals surface area contributed by atoms with Crippen LogP contribution in [-0.2, 0) is 13.1 Å². The number of nitrogens with zero attached hydrogens (tertiary/aromatic N) is 1. The number of rotatable bonds is 5. The Kier molecular flexibility index (Phi) is 5.21. The van der Waals surface area contributed by atoms with Gasteiger partial charge in [-0.05, 0) is 42.8 Å². The predicted molar refractivity (Wildman–Crippen MR) is 90.2 cm³/mol. The van der Waals surface area contributed by atoms with Gasteiger partial charge < -0.3 is 10.2 Å². The molecule has 106 valence electrons. The van der Waals surface area contributed by atoms with Crippen LogP contribution in [0.4, 0.5) is 5.69 Å². The van der Waals surface area contributed by atoms with Crippen LogP contribution >= 0.6 is 15.9 Å². The van der Waals surface area contributed by atoms with Crippen molar-refractivity contribution < 1.29 is 0 Å². The first kappa shape index (κ1) is 15.1. The molecule has 2 nitrogen and oxygen atoms in total. The molecule has 0 aliphatic rings. The Hall–Kier alpha value is -1.32. The summed E-state index contributed by atoms with van der Waals surface area (Å²) in [6.45, 7) is 3.96. The van der Waals surface area contributed by atoms with Gasteiger partial charge in [0.05, 0.1) is 0 Å². The Bertz CT molecular complexity index is 581. The van der Waals surface area contributed by atoms with Crippen LogP contribution in [-0.4, -0.2) is 14.1 Å². The van der Waals surface area contributed by atoms with Crippen LogP contribution < -0.4 is 10.2 Å². The average molecular weight is 333 g/mol. The SMILES string of the molecule is CNCc1ccc(N(C)Cc2ccccc2C)cc1Br. The van der Waals surface area contributed by atoms with E-state index in [-0.39, 0.29) is 0 Å². The molecule has 0 fully saturated rings. The van der Waals surface area contributed by atoms with Gasteiger partial charge in [-0.3, -0.25) is 0 Å². The molecule has 0 aliphatic carbocycles. The van der Waals surface area contributed by atoms with Gasteiger partial charge in [0.2, 0.25) is 0 Å². The van der Waals surface area contributed by atoms with Crippen LogP contribution in [0.1, 0.15) is 16.7 Å².